The zero-order valence-electron chi connectivity index (χ0n) is 16.6. The molecule has 0 saturated heterocycles. The van der Waals surface area contributed by atoms with Crippen molar-refractivity contribution in [1.29, 1.82) is 0 Å². The van der Waals surface area contributed by atoms with E-state index in [2.05, 4.69) is 10.4 Å². The Morgan fingerprint density at radius 2 is 2.10 bits per heavy atom. The Morgan fingerprint density at radius 1 is 1.40 bits per heavy atom. The molecule has 0 aliphatic rings. The molecule has 0 bridgehead atoms. The van der Waals surface area contributed by atoms with Crippen LogP contribution in [-0.4, -0.2) is 46.2 Å². The van der Waals surface area contributed by atoms with Gasteiger partial charge in [-0.2, -0.15) is 0 Å². The van der Waals surface area contributed by atoms with Crippen LogP contribution in [0.4, 0.5) is 10.7 Å². The van der Waals surface area contributed by atoms with Gasteiger partial charge in [-0.05, 0) is 18.9 Å². The van der Waals surface area contributed by atoms with Crippen LogP contribution in [0.25, 0.3) is 0 Å². The molecule has 13 heteroatoms. The zero-order valence-corrected chi connectivity index (χ0v) is 17.4. The van der Waals surface area contributed by atoms with Crippen LogP contribution in [0.1, 0.15) is 45.4 Å². The largest absolute Gasteiger partial charge is 0.475 e. The molecule has 30 heavy (non-hydrogen) atoms. The van der Waals surface area contributed by atoms with Crippen LogP contribution < -0.4 is 15.8 Å². The first-order chi connectivity index (χ1) is 14.2. The summed E-state index contributed by atoms with van der Waals surface area (Å²) in [6, 6.07) is 0. The summed E-state index contributed by atoms with van der Waals surface area (Å²) >= 11 is 0.881. The Kier molecular flexibility index (Phi) is 7.47. The lowest BCUT2D eigenvalue weighted by Gasteiger charge is -2.07. The molecule has 3 N–H and O–H groups in total. The number of methoxy groups -OCH3 is 1. The molecular formula is C17H21N5O7S. The lowest BCUT2D eigenvalue weighted by molar-refractivity contribution is -0.385. The molecule has 0 fully saturated rings. The number of rotatable bonds is 10. The summed E-state index contributed by atoms with van der Waals surface area (Å²) in [6.45, 7) is 3.59. The third kappa shape index (κ3) is 5.11. The van der Waals surface area contributed by atoms with Crippen molar-refractivity contribution in [2.45, 2.75) is 33.2 Å². The van der Waals surface area contributed by atoms with Crippen molar-refractivity contribution in [1.82, 2.24) is 9.78 Å². The summed E-state index contributed by atoms with van der Waals surface area (Å²) in [5, 5.41) is 17.6. The minimum Gasteiger partial charge on any atom is -0.475 e. The number of aryl methyl sites for hydroxylation is 1. The summed E-state index contributed by atoms with van der Waals surface area (Å²) < 4.78 is 11.2. The van der Waals surface area contributed by atoms with Gasteiger partial charge in [0.1, 0.15) is 11.2 Å². The number of carbonyl (C=O) groups excluding carboxylic acids is 3. The second-order valence-corrected chi connectivity index (χ2v) is 7.12. The maximum Gasteiger partial charge on any atom is 0.350 e. The number of ether oxygens (including phenoxy) is 2. The molecule has 0 radical (unpaired) electrons. The quantitative estimate of drug-likeness (QED) is 0.321. The summed E-state index contributed by atoms with van der Waals surface area (Å²) in [7, 11) is 1.25. The van der Waals surface area contributed by atoms with Crippen molar-refractivity contribution in [2.75, 3.05) is 19.0 Å². The monoisotopic (exact) mass is 439 g/mol. The number of hydrogen-bond donors (Lipinski definition) is 2. The van der Waals surface area contributed by atoms with Gasteiger partial charge < -0.3 is 20.5 Å². The zero-order chi connectivity index (χ0) is 22.4. The summed E-state index contributed by atoms with van der Waals surface area (Å²) in [6.07, 6.45) is 1.66. The van der Waals surface area contributed by atoms with Gasteiger partial charge in [0.05, 0.1) is 35.6 Å². The van der Waals surface area contributed by atoms with Crippen molar-refractivity contribution in [3.63, 3.8) is 0 Å². The molecule has 2 aromatic heterocycles. The normalized spacial score (nSPS) is 10.5. The van der Waals surface area contributed by atoms with E-state index in [-0.39, 0.29) is 46.6 Å². The number of thiophene rings is 1. The molecule has 0 aliphatic heterocycles. The fourth-order valence-corrected chi connectivity index (χ4v) is 3.60. The van der Waals surface area contributed by atoms with E-state index in [1.807, 2.05) is 6.92 Å². The van der Waals surface area contributed by atoms with Crippen LogP contribution in [0, 0.1) is 17.0 Å². The van der Waals surface area contributed by atoms with E-state index in [4.69, 9.17) is 15.2 Å². The fourth-order valence-electron chi connectivity index (χ4n) is 2.53. The SMILES string of the molecule is CCCOC(=O)c1c(NC(=O)CCn2cc([N+](=O)[O-])c(OC)n2)sc(C(N)=O)c1C. The smallest absolute Gasteiger partial charge is 0.350 e. The average molecular weight is 439 g/mol. The first-order valence-electron chi connectivity index (χ1n) is 8.85. The number of anilines is 1. The maximum atomic E-state index is 12.4. The van der Waals surface area contributed by atoms with Crippen LogP contribution in [0.2, 0.25) is 0 Å². The first-order valence-corrected chi connectivity index (χ1v) is 9.67. The predicted molar refractivity (Wildman–Crippen MR) is 107 cm³/mol. The van der Waals surface area contributed by atoms with E-state index in [0.717, 1.165) is 17.5 Å². The molecule has 0 spiro atoms. The van der Waals surface area contributed by atoms with Gasteiger partial charge in [0, 0.05) is 6.42 Å². The molecule has 12 nitrogen and oxygen atoms in total. The van der Waals surface area contributed by atoms with Gasteiger partial charge in [0.15, 0.2) is 0 Å². The van der Waals surface area contributed by atoms with Crippen LogP contribution in [0.3, 0.4) is 0 Å². The molecule has 2 aromatic rings. The Hall–Kier alpha value is -3.48. The highest BCUT2D eigenvalue weighted by Crippen LogP contribution is 2.33. The molecule has 162 valence electrons. The number of esters is 1. The van der Waals surface area contributed by atoms with E-state index >= 15 is 0 Å². The fraction of sp³-hybridized carbons (Fsp3) is 0.412. The van der Waals surface area contributed by atoms with Crippen molar-refractivity contribution >= 4 is 39.8 Å². The molecule has 0 aromatic carbocycles. The van der Waals surface area contributed by atoms with Gasteiger partial charge in [0.25, 0.3) is 5.91 Å². The van der Waals surface area contributed by atoms with E-state index in [0.29, 0.717) is 12.0 Å². The van der Waals surface area contributed by atoms with Crippen molar-refractivity contribution in [3.05, 3.63) is 32.3 Å². The lowest BCUT2D eigenvalue weighted by atomic mass is 10.1. The molecular weight excluding hydrogens is 418 g/mol. The molecule has 0 unspecified atom stereocenters. The second kappa shape index (κ2) is 9.82. The van der Waals surface area contributed by atoms with E-state index < -0.39 is 22.7 Å². The van der Waals surface area contributed by atoms with Gasteiger partial charge in [-0.3, -0.25) is 24.4 Å². The number of aromatic nitrogens is 2. The number of primary amides is 1. The Morgan fingerprint density at radius 3 is 2.63 bits per heavy atom. The van der Waals surface area contributed by atoms with Gasteiger partial charge in [0.2, 0.25) is 5.91 Å². The van der Waals surface area contributed by atoms with Crippen LogP contribution in [0.15, 0.2) is 6.20 Å². The van der Waals surface area contributed by atoms with Gasteiger partial charge in [-0.15, -0.1) is 16.4 Å². The van der Waals surface area contributed by atoms with Crippen molar-refractivity contribution in [2.24, 2.45) is 5.73 Å². The highest BCUT2D eigenvalue weighted by molar-refractivity contribution is 7.18. The van der Waals surface area contributed by atoms with Gasteiger partial charge in [-0.25, -0.2) is 4.79 Å². The van der Waals surface area contributed by atoms with E-state index in [1.165, 1.54) is 11.8 Å². The standard InChI is InChI=1S/C17H21N5O7S/c1-4-7-29-17(25)12-9(2)13(14(18)24)30-16(12)19-11(23)5-6-21-8-10(22(26)27)15(20-21)28-3/h8H,4-7H2,1-3H3,(H2,18,24)(H,19,23). The summed E-state index contributed by atoms with van der Waals surface area (Å²) in [4.78, 5) is 46.8. The average Bonchev–Trinajstić information content (AvgIpc) is 3.25. The topological polar surface area (TPSA) is 169 Å². The number of nitro groups is 1. The lowest BCUT2D eigenvalue weighted by Crippen LogP contribution is -2.17. The van der Waals surface area contributed by atoms with Crippen molar-refractivity contribution in [3.8, 4) is 5.88 Å². The first kappa shape index (κ1) is 22.8. The van der Waals surface area contributed by atoms with Crippen LogP contribution in [0.5, 0.6) is 5.88 Å². The second-order valence-electron chi connectivity index (χ2n) is 6.10. The number of nitrogens with two attached hydrogens (primary N) is 1. The number of hydrogen-bond acceptors (Lipinski definition) is 9. The molecule has 0 atom stereocenters. The number of nitrogens with zero attached hydrogens (tertiary/aromatic N) is 3. The summed E-state index contributed by atoms with van der Waals surface area (Å²) in [5.74, 6) is -2.05. The van der Waals surface area contributed by atoms with Gasteiger partial charge >= 0.3 is 17.5 Å². The molecule has 2 rings (SSSR count). The Labute approximate surface area is 175 Å². The molecule has 0 aliphatic carbocycles. The number of carbonyl (C=O) groups is 3. The highest BCUT2D eigenvalue weighted by Gasteiger charge is 2.26. The number of nitrogens with one attached hydrogen (secondary N) is 1. The van der Waals surface area contributed by atoms with E-state index in [1.54, 1.807) is 6.92 Å². The molecule has 2 amide bonds. The van der Waals surface area contributed by atoms with E-state index in [9.17, 15) is 24.5 Å². The molecule has 2 heterocycles. The highest BCUT2D eigenvalue weighted by atomic mass is 32.1. The minimum atomic E-state index is -0.724. The van der Waals surface area contributed by atoms with Gasteiger partial charge in [-0.1, -0.05) is 6.92 Å². The minimum absolute atomic E-state index is 0.0265. The Balaban J connectivity index is 2.16. The summed E-state index contributed by atoms with van der Waals surface area (Å²) in [5.41, 5.74) is 5.43. The predicted octanol–water partition coefficient (Wildman–Crippen LogP) is 1.86. The Bertz CT molecular complexity index is 982. The van der Waals surface area contributed by atoms with Crippen molar-refractivity contribution < 1.29 is 28.8 Å². The van der Waals surface area contributed by atoms with Crippen LogP contribution in [-0.2, 0) is 16.1 Å². The maximum absolute atomic E-state index is 12.4. The number of amides is 2. The third-order valence-corrected chi connectivity index (χ3v) is 5.15. The van der Waals surface area contributed by atoms with Crippen LogP contribution >= 0.6 is 11.3 Å². The molecule has 0 saturated carbocycles. The third-order valence-electron chi connectivity index (χ3n) is 3.93.